The Balaban J connectivity index is -0.0000000231. The molecule has 16 heavy (non-hydrogen) atoms. The molecule has 1 rings (SSSR count). The van der Waals surface area contributed by atoms with Crippen LogP contribution in [0.3, 0.4) is 0 Å². The summed E-state index contributed by atoms with van der Waals surface area (Å²) in [6.07, 6.45) is 3.25. The van der Waals surface area contributed by atoms with Gasteiger partial charge in [-0.25, -0.2) is 0 Å². The molecule has 1 aromatic carbocycles. The molecule has 0 aliphatic carbocycles. The SMILES string of the molecule is C[CH-]Cc1ccccc1.[Y].[Y].[Y].[Y].[Y].[Y].[Y]. The van der Waals surface area contributed by atoms with Crippen LogP contribution in [0.4, 0.5) is 0 Å². The van der Waals surface area contributed by atoms with E-state index in [1.165, 1.54) is 5.56 Å². The second-order valence-electron chi connectivity index (χ2n) is 2.10. The van der Waals surface area contributed by atoms with E-state index in [1.54, 1.807) is 0 Å². The van der Waals surface area contributed by atoms with Crippen molar-refractivity contribution in [3.63, 3.8) is 0 Å². The quantitative estimate of drug-likeness (QED) is 0.410. The Morgan fingerprint density at radius 1 is 0.750 bits per heavy atom. The van der Waals surface area contributed by atoms with Crippen molar-refractivity contribution in [3.05, 3.63) is 42.3 Å². The summed E-state index contributed by atoms with van der Waals surface area (Å²) in [6, 6.07) is 10.5. The third-order valence-corrected chi connectivity index (χ3v) is 1.28. The molecule has 7 heteroatoms. The zero-order valence-corrected chi connectivity index (χ0v) is 29.6. The van der Waals surface area contributed by atoms with Gasteiger partial charge in [0, 0.05) is 229 Å². The second kappa shape index (κ2) is 33.5. The molecule has 0 saturated heterocycles. The smallest absolute Gasteiger partial charge is 0 e. The largest absolute Gasteiger partial charge is 0.327 e. The van der Waals surface area contributed by atoms with Crippen molar-refractivity contribution in [2.75, 3.05) is 0 Å². The van der Waals surface area contributed by atoms with Crippen molar-refractivity contribution in [2.24, 2.45) is 0 Å². The maximum Gasteiger partial charge on any atom is 0 e. The van der Waals surface area contributed by atoms with Gasteiger partial charge in [0.1, 0.15) is 0 Å². The van der Waals surface area contributed by atoms with Crippen LogP contribution in [-0.4, -0.2) is 0 Å². The molecular weight excluding hydrogens is 730 g/mol. The summed E-state index contributed by atoms with van der Waals surface area (Å²) in [5.41, 5.74) is 1.39. The Morgan fingerprint density at radius 3 is 1.44 bits per heavy atom. The first kappa shape index (κ1) is 43.5. The summed E-state index contributed by atoms with van der Waals surface area (Å²) >= 11 is 0. The summed E-state index contributed by atoms with van der Waals surface area (Å²) in [6.45, 7) is 2.08. The van der Waals surface area contributed by atoms with Crippen LogP contribution < -0.4 is 0 Å². The topological polar surface area (TPSA) is 0 Å². The minimum absolute atomic E-state index is 0. The van der Waals surface area contributed by atoms with Crippen LogP contribution >= 0.6 is 0 Å². The normalized spacial score (nSPS) is 5.31. The predicted octanol–water partition coefficient (Wildman–Crippen LogP) is 2.44. The van der Waals surface area contributed by atoms with E-state index < -0.39 is 0 Å². The van der Waals surface area contributed by atoms with Crippen LogP contribution in [0.15, 0.2) is 30.3 Å². The zero-order chi connectivity index (χ0) is 6.53. The molecule has 1 aromatic rings. The first-order valence-electron chi connectivity index (χ1n) is 3.25. The Labute approximate surface area is 276 Å². The fraction of sp³-hybridized carbons (Fsp3) is 0.222. The molecular formula is C9H11Y7-. The maximum absolute atomic E-state index is 2.16. The van der Waals surface area contributed by atoms with Crippen molar-refractivity contribution in [1.29, 1.82) is 0 Å². The summed E-state index contributed by atoms with van der Waals surface area (Å²) in [5, 5.41) is 0. The van der Waals surface area contributed by atoms with E-state index in [9.17, 15) is 0 Å². The Morgan fingerprint density at radius 2 is 1.12 bits per heavy atom. The molecule has 0 heterocycles. The summed E-state index contributed by atoms with van der Waals surface area (Å²) < 4.78 is 0. The molecule has 0 nitrogen and oxygen atoms in total. The molecule has 0 atom stereocenters. The van der Waals surface area contributed by atoms with E-state index in [-0.39, 0.29) is 229 Å². The molecule has 0 aliphatic heterocycles. The van der Waals surface area contributed by atoms with Crippen LogP contribution in [0.5, 0.6) is 0 Å². The van der Waals surface area contributed by atoms with Crippen LogP contribution in [0.25, 0.3) is 0 Å². The van der Waals surface area contributed by atoms with Gasteiger partial charge in [-0.1, -0.05) is 35.9 Å². The van der Waals surface area contributed by atoms with Gasteiger partial charge in [-0.15, -0.1) is 0 Å². The van der Waals surface area contributed by atoms with Crippen LogP contribution in [-0.2, 0) is 235 Å². The summed E-state index contributed by atoms with van der Waals surface area (Å²) in [4.78, 5) is 0. The van der Waals surface area contributed by atoms with Gasteiger partial charge in [-0.3, -0.25) is 0 Å². The Bertz CT molecular complexity index is 169. The minimum atomic E-state index is 0. The molecule has 0 N–H and O–H groups in total. The molecule has 7 radical (unpaired) electrons. The molecule has 0 spiro atoms. The van der Waals surface area contributed by atoms with E-state index in [0.717, 1.165) is 6.42 Å². The summed E-state index contributed by atoms with van der Waals surface area (Å²) in [5.74, 6) is 0. The van der Waals surface area contributed by atoms with Crippen molar-refractivity contribution in [2.45, 2.75) is 13.3 Å². The first-order valence-corrected chi connectivity index (χ1v) is 3.25. The second-order valence-corrected chi connectivity index (χ2v) is 2.10. The fourth-order valence-corrected chi connectivity index (χ4v) is 0.850. The van der Waals surface area contributed by atoms with Gasteiger partial charge >= 0.3 is 0 Å². The standard InChI is InChI=1S/C9H11.7Y/c1-2-6-9-7-4-3-5-8-9;;;;;;;/h2-5,7-8H,6H2,1H3;;;;;;;/q-1;;;;;;;. The van der Waals surface area contributed by atoms with Crippen LogP contribution in [0.2, 0.25) is 0 Å². The zero-order valence-electron chi connectivity index (χ0n) is 9.71. The molecule has 0 unspecified atom stereocenters. The maximum atomic E-state index is 2.16. The van der Waals surface area contributed by atoms with Crippen molar-refractivity contribution in [3.8, 4) is 0 Å². The van der Waals surface area contributed by atoms with Crippen molar-refractivity contribution >= 4 is 0 Å². The fourth-order valence-electron chi connectivity index (χ4n) is 0.850. The molecule has 0 amide bonds. The predicted molar refractivity (Wildman–Crippen MR) is 40.1 cm³/mol. The van der Waals surface area contributed by atoms with Crippen LogP contribution in [0.1, 0.15) is 12.5 Å². The number of hydrogen-bond acceptors (Lipinski definition) is 0. The summed E-state index contributed by atoms with van der Waals surface area (Å²) in [7, 11) is 0. The monoisotopic (exact) mass is 741 g/mol. The van der Waals surface area contributed by atoms with Crippen LogP contribution in [0, 0.1) is 6.42 Å². The van der Waals surface area contributed by atoms with Gasteiger partial charge in [0.2, 0.25) is 0 Å². The van der Waals surface area contributed by atoms with E-state index in [4.69, 9.17) is 0 Å². The number of rotatable bonds is 2. The van der Waals surface area contributed by atoms with E-state index >= 15 is 0 Å². The molecule has 0 aliphatic rings. The Kier molecular flexibility index (Phi) is 91.1. The van der Waals surface area contributed by atoms with Gasteiger partial charge in [0.05, 0.1) is 0 Å². The molecule has 69 valence electrons. The van der Waals surface area contributed by atoms with E-state index in [2.05, 4.69) is 37.6 Å². The van der Waals surface area contributed by atoms with Gasteiger partial charge in [0.25, 0.3) is 0 Å². The van der Waals surface area contributed by atoms with E-state index in [0.29, 0.717) is 0 Å². The Hall–Kier alpha value is 6.95. The van der Waals surface area contributed by atoms with Crippen molar-refractivity contribution in [1.82, 2.24) is 0 Å². The molecule has 0 saturated carbocycles. The molecule has 0 bridgehead atoms. The first-order chi connectivity index (χ1) is 4.43. The third kappa shape index (κ3) is 25.9. The van der Waals surface area contributed by atoms with Gasteiger partial charge in [-0.2, -0.15) is 13.3 Å². The van der Waals surface area contributed by atoms with Crippen molar-refractivity contribution < 1.29 is 229 Å². The van der Waals surface area contributed by atoms with Gasteiger partial charge < -0.3 is 6.42 Å². The third-order valence-electron chi connectivity index (χ3n) is 1.28. The van der Waals surface area contributed by atoms with Gasteiger partial charge in [-0.05, 0) is 0 Å². The molecule has 0 fully saturated rings. The van der Waals surface area contributed by atoms with E-state index in [1.807, 2.05) is 6.07 Å². The number of hydrogen-bond donors (Lipinski definition) is 0. The number of benzene rings is 1. The molecule has 0 aromatic heterocycles. The average Bonchev–Trinajstić information content (AvgIpc) is 1.91. The minimum Gasteiger partial charge on any atom is -0.327 e. The van der Waals surface area contributed by atoms with Gasteiger partial charge in [0.15, 0.2) is 0 Å². The average molecular weight is 742 g/mol.